The highest BCUT2D eigenvalue weighted by Crippen LogP contribution is 2.23. The lowest BCUT2D eigenvalue weighted by Crippen LogP contribution is -2.05. The average molecular weight is 274 g/mol. The number of hydrogen-bond acceptors (Lipinski definition) is 0. The van der Waals surface area contributed by atoms with Crippen LogP contribution in [0.1, 0.15) is 23.1 Å². The standard InChI is InChI=1S/C21H22/c1-17-7-9-19(10-8-17)16-21-13-11-20(12-14-21)15-18-5-3-2-4-6-18/h2-13,21H,14-16H2,1H3. The van der Waals surface area contributed by atoms with Gasteiger partial charge in [0.2, 0.25) is 0 Å². The molecule has 2 aromatic rings. The maximum atomic E-state index is 2.41. The quantitative estimate of drug-likeness (QED) is 0.711. The molecule has 0 spiro atoms. The molecule has 0 N–H and O–H groups in total. The summed E-state index contributed by atoms with van der Waals surface area (Å²) in [6, 6.07) is 19.6. The number of benzene rings is 2. The van der Waals surface area contributed by atoms with Crippen molar-refractivity contribution in [3.63, 3.8) is 0 Å². The Kier molecular flexibility index (Phi) is 4.35. The fraction of sp³-hybridized carbons (Fsp3) is 0.238. The van der Waals surface area contributed by atoms with Gasteiger partial charge in [-0.3, -0.25) is 0 Å². The van der Waals surface area contributed by atoms with Crippen LogP contribution in [-0.4, -0.2) is 0 Å². The number of rotatable bonds is 4. The lowest BCUT2D eigenvalue weighted by molar-refractivity contribution is 0.647. The Morgan fingerprint density at radius 3 is 2.33 bits per heavy atom. The van der Waals surface area contributed by atoms with Crippen LogP contribution in [0.2, 0.25) is 0 Å². The van der Waals surface area contributed by atoms with Crippen LogP contribution in [0, 0.1) is 12.8 Å². The Morgan fingerprint density at radius 2 is 1.67 bits per heavy atom. The molecule has 0 heterocycles. The van der Waals surface area contributed by atoms with E-state index >= 15 is 0 Å². The van der Waals surface area contributed by atoms with Crippen molar-refractivity contribution in [1.29, 1.82) is 0 Å². The molecular weight excluding hydrogens is 252 g/mol. The van der Waals surface area contributed by atoms with Gasteiger partial charge >= 0.3 is 0 Å². The minimum absolute atomic E-state index is 0.646. The van der Waals surface area contributed by atoms with Crippen molar-refractivity contribution in [3.8, 4) is 0 Å². The highest BCUT2D eigenvalue weighted by molar-refractivity contribution is 5.32. The molecule has 0 aliphatic heterocycles. The van der Waals surface area contributed by atoms with Crippen molar-refractivity contribution >= 4 is 0 Å². The van der Waals surface area contributed by atoms with Crippen LogP contribution in [0.25, 0.3) is 0 Å². The monoisotopic (exact) mass is 274 g/mol. The zero-order valence-electron chi connectivity index (χ0n) is 12.6. The summed E-state index contributed by atoms with van der Waals surface area (Å²) < 4.78 is 0. The molecule has 1 aliphatic rings. The van der Waals surface area contributed by atoms with E-state index in [-0.39, 0.29) is 0 Å². The molecule has 0 saturated carbocycles. The van der Waals surface area contributed by atoms with E-state index in [1.807, 2.05) is 0 Å². The first-order valence-electron chi connectivity index (χ1n) is 7.76. The maximum Gasteiger partial charge on any atom is -0.00290 e. The molecule has 0 saturated heterocycles. The predicted molar refractivity (Wildman–Crippen MR) is 90.4 cm³/mol. The first-order valence-corrected chi connectivity index (χ1v) is 7.76. The van der Waals surface area contributed by atoms with Gasteiger partial charge < -0.3 is 0 Å². The van der Waals surface area contributed by atoms with Gasteiger partial charge in [0.15, 0.2) is 0 Å². The van der Waals surface area contributed by atoms with Crippen LogP contribution in [-0.2, 0) is 12.8 Å². The van der Waals surface area contributed by atoms with Gasteiger partial charge in [0.25, 0.3) is 0 Å². The normalized spacial score (nSPS) is 17.6. The van der Waals surface area contributed by atoms with E-state index in [2.05, 4.69) is 79.7 Å². The lowest BCUT2D eigenvalue weighted by atomic mass is 9.89. The van der Waals surface area contributed by atoms with Crippen molar-refractivity contribution in [2.24, 2.45) is 5.92 Å². The zero-order valence-corrected chi connectivity index (χ0v) is 12.6. The molecule has 0 heteroatoms. The molecule has 3 rings (SSSR count). The van der Waals surface area contributed by atoms with Gasteiger partial charge in [0.1, 0.15) is 0 Å². The molecule has 0 aromatic heterocycles. The fourth-order valence-corrected chi connectivity index (χ4v) is 2.85. The Morgan fingerprint density at radius 1 is 0.905 bits per heavy atom. The van der Waals surface area contributed by atoms with Gasteiger partial charge in [-0.1, -0.05) is 78.4 Å². The highest BCUT2D eigenvalue weighted by Gasteiger charge is 2.10. The zero-order chi connectivity index (χ0) is 14.5. The molecule has 2 aromatic carbocycles. The molecule has 106 valence electrons. The van der Waals surface area contributed by atoms with E-state index < -0.39 is 0 Å². The SMILES string of the molecule is Cc1ccc(CC2C=CC(Cc3ccccc3)=CC2)cc1. The van der Waals surface area contributed by atoms with Crippen LogP contribution in [0.15, 0.2) is 78.4 Å². The largest absolute Gasteiger partial charge is 0.0805 e. The lowest BCUT2D eigenvalue weighted by Gasteiger charge is -2.16. The van der Waals surface area contributed by atoms with Gasteiger partial charge in [-0.2, -0.15) is 0 Å². The Bertz CT molecular complexity index is 629. The summed E-state index contributed by atoms with van der Waals surface area (Å²) in [5, 5.41) is 0. The summed E-state index contributed by atoms with van der Waals surface area (Å²) in [6.45, 7) is 2.14. The van der Waals surface area contributed by atoms with Crippen molar-refractivity contribution in [2.75, 3.05) is 0 Å². The third kappa shape index (κ3) is 3.95. The van der Waals surface area contributed by atoms with Crippen LogP contribution < -0.4 is 0 Å². The third-order valence-corrected chi connectivity index (χ3v) is 4.13. The summed E-state index contributed by atoms with van der Waals surface area (Å²) >= 11 is 0. The van der Waals surface area contributed by atoms with E-state index in [1.54, 1.807) is 0 Å². The first kappa shape index (κ1) is 13.9. The molecule has 0 nitrogen and oxygen atoms in total. The van der Waals surface area contributed by atoms with Crippen LogP contribution in [0.5, 0.6) is 0 Å². The Balaban J connectivity index is 1.57. The number of aryl methyl sites for hydroxylation is 1. The van der Waals surface area contributed by atoms with Gasteiger partial charge in [-0.15, -0.1) is 0 Å². The average Bonchev–Trinajstić information content (AvgIpc) is 2.53. The molecule has 1 aliphatic carbocycles. The topological polar surface area (TPSA) is 0 Å². The van der Waals surface area contributed by atoms with Crippen molar-refractivity contribution in [2.45, 2.75) is 26.2 Å². The van der Waals surface area contributed by atoms with E-state index in [4.69, 9.17) is 0 Å². The molecule has 0 amide bonds. The summed E-state index contributed by atoms with van der Waals surface area (Å²) in [6.07, 6.45) is 10.5. The van der Waals surface area contributed by atoms with Crippen LogP contribution in [0.4, 0.5) is 0 Å². The number of allylic oxidation sites excluding steroid dienone is 4. The molecule has 0 fully saturated rings. The molecule has 21 heavy (non-hydrogen) atoms. The molecule has 0 radical (unpaired) electrons. The first-order chi connectivity index (χ1) is 10.3. The minimum Gasteiger partial charge on any atom is -0.0805 e. The summed E-state index contributed by atoms with van der Waals surface area (Å²) in [7, 11) is 0. The van der Waals surface area contributed by atoms with E-state index in [1.165, 1.54) is 22.3 Å². The van der Waals surface area contributed by atoms with E-state index in [0.717, 1.165) is 19.3 Å². The second-order valence-corrected chi connectivity index (χ2v) is 5.99. The molecule has 1 atom stereocenters. The summed E-state index contributed by atoms with van der Waals surface area (Å²) in [4.78, 5) is 0. The van der Waals surface area contributed by atoms with E-state index in [9.17, 15) is 0 Å². The molecular formula is C21H22. The highest BCUT2D eigenvalue weighted by atomic mass is 14.1. The van der Waals surface area contributed by atoms with Crippen molar-refractivity contribution in [1.82, 2.24) is 0 Å². The van der Waals surface area contributed by atoms with Gasteiger partial charge in [-0.05, 0) is 48.8 Å². The van der Waals surface area contributed by atoms with Crippen LogP contribution >= 0.6 is 0 Å². The van der Waals surface area contributed by atoms with E-state index in [0.29, 0.717) is 5.92 Å². The molecule has 1 unspecified atom stereocenters. The second kappa shape index (κ2) is 6.58. The van der Waals surface area contributed by atoms with Gasteiger partial charge in [0, 0.05) is 0 Å². The summed E-state index contributed by atoms with van der Waals surface area (Å²) in [5.41, 5.74) is 5.62. The molecule has 0 bridgehead atoms. The Hall–Kier alpha value is -2.08. The predicted octanol–water partition coefficient (Wildman–Crippen LogP) is 5.28. The third-order valence-electron chi connectivity index (χ3n) is 4.13. The second-order valence-electron chi connectivity index (χ2n) is 5.99. The van der Waals surface area contributed by atoms with Crippen molar-refractivity contribution < 1.29 is 0 Å². The maximum absolute atomic E-state index is 2.41. The fourth-order valence-electron chi connectivity index (χ4n) is 2.85. The smallest absolute Gasteiger partial charge is 0.00290 e. The minimum atomic E-state index is 0.646. The Labute approximate surface area is 127 Å². The number of hydrogen-bond donors (Lipinski definition) is 0. The van der Waals surface area contributed by atoms with Gasteiger partial charge in [0.05, 0.1) is 0 Å². The van der Waals surface area contributed by atoms with Crippen molar-refractivity contribution in [3.05, 3.63) is 95.1 Å². The summed E-state index contributed by atoms with van der Waals surface area (Å²) in [5.74, 6) is 0.646. The van der Waals surface area contributed by atoms with Gasteiger partial charge in [-0.25, -0.2) is 0 Å². The van der Waals surface area contributed by atoms with Crippen LogP contribution in [0.3, 0.4) is 0 Å².